The molecule has 0 saturated heterocycles. The second-order valence-electron chi connectivity index (χ2n) is 5.95. The van der Waals surface area contributed by atoms with Crippen molar-refractivity contribution in [2.45, 2.75) is 26.6 Å². The van der Waals surface area contributed by atoms with Gasteiger partial charge in [0.25, 0.3) is 0 Å². The van der Waals surface area contributed by atoms with Crippen LogP contribution in [0.15, 0.2) is 23.3 Å². The number of nitrogens with one attached hydrogen (secondary N) is 3. The highest BCUT2D eigenvalue weighted by atomic mass is 19.4. The molecule has 2 heterocycles. The number of alkyl halides is 3. The van der Waals surface area contributed by atoms with E-state index in [1.54, 1.807) is 7.05 Å². The number of guanidine groups is 1. The molecule has 148 valence electrons. The minimum atomic E-state index is -4.44. The maximum absolute atomic E-state index is 12.9. The van der Waals surface area contributed by atoms with Crippen molar-refractivity contribution in [2.75, 3.05) is 25.5 Å². The molecule has 0 unspecified atom stereocenters. The maximum Gasteiger partial charge on any atom is 0.419 e. The van der Waals surface area contributed by atoms with E-state index in [9.17, 15) is 13.2 Å². The van der Waals surface area contributed by atoms with E-state index in [1.807, 2.05) is 25.6 Å². The first-order valence-corrected chi connectivity index (χ1v) is 8.43. The fourth-order valence-corrected chi connectivity index (χ4v) is 2.60. The summed E-state index contributed by atoms with van der Waals surface area (Å²) < 4.78 is 40.6. The molecule has 27 heavy (non-hydrogen) atoms. The number of anilines is 1. The Morgan fingerprint density at radius 2 is 1.96 bits per heavy atom. The van der Waals surface area contributed by atoms with E-state index in [0.29, 0.717) is 19.0 Å². The Morgan fingerprint density at radius 3 is 2.56 bits per heavy atom. The van der Waals surface area contributed by atoms with Crippen LogP contribution in [0.5, 0.6) is 0 Å². The number of pyridine rings is 1. The Hall–Kier alpha value is -2.78. The summed E-state index contributed by atoms with van der Waals surface area (Å²) in [6, 6.07) is 2.27. The molecule has 0 radical (unpaired) electrons. The molecule has 0 spiro atoms. The Kier molecular flexibility index (Phi) is 6.65. The molecule has 0 aliphatic carbocycles. The molecule has 0 bridgehead atoms. The summed E-state index contributed by atoms with van der Waals surface area (Å²) in [6.45, 7) is 5.11. The van der Waals surface area contributed by atoms with Crippen molar-refractivity contribution in [3.05, 3.63) is 40.8 Å². The van der Waals surface area contributed by atoms with Gasteiger partial charge < -0.3 is 16.0 Å². The number of rotatable bonds is 6. The first-order chi connectivity index (χ1) is 12.7. The van der Waals surface area contributed by atoms with Gasteiger partial charge in [0.1, 0.15) is 5.82 Å². The van der Waals surface area contributed by atoms with Gasteiger partial charge in [0.05, 0.1) is 11.3 Å². The van der Waals surface area contributed by atoms with Gasteiger partial charge in [-0.15, -0.1) is 0 Å². The van der Waals surface area contributed by atoms with Crippen LogP contribution in [0.2, 0.25) is 0 Å². The average Bonchev–Trinajstić information content (AvgIpc) is 2.86. The van der Waals surface area contributed by atoms with E-state index in [4.69, 9.17) is 0 Å². The molecule has 2 aromatic rings. The maximum atomic E-state index is 12.9. The van der Waals surface area contributed by atoms with Gasteiger partial charge in [-0.3, -0.25) is 9.67 Å². The number of nitrogens with zero attached hydrogens (tertiary/aromatic N) is 4. The van der Waals surface area contributed by atoms with E-state index in [2.05, 4.69) is 31.0 Å². The molecule has 0 amide bonds. The predicted molar refractivity (Wildman–Crippen MR) is 98.6 cm³/mol. The SMILES string of the molecule is CN=C(NCCNc1ncccc1C(F)(F)F)NCc1c(C)nn(C)c1C. The van der Waals surface area contributed by atoms with Crippen molar-refractivity contribution in [3.8, 4) is 0 Å². The molecule has 0 aliphatic heterocycles. The summed E-state index contributed by atoms with van der Waals surface area (Å²) in [4.78, 5) is 7.88. The van der Waals surface area contributed by atoms with Gasteiger partial charge in [-0.25, -0.2) is 4.98 Å². The third-order valence-corrected chi connectivity index (χ3v) is 4.14. The van der Waals surface area contributed by atoms with E-state index < -0.39 is 11.7 Å². The third kappa shape index (κ3) is 5.35. The van der Waals surface area contributed by atoms with Crippen molar-refractivity contribution >= 4 is 11.8 Å². The Bertz CT molecular complexity index is 796. The summed E-state index contributed by atoms with van der Waals surface area (Å²) in [6.07, 6.45) is -3.12. The van der Waals surface area contributed by atoms with Crippen LogP contribution < -0.4 is 16.0 Å². The van der Waals surface area contributed by atoms with E-state index in [1.165, 1.54) is 12.3 Å². The van der Waals surface area contributed by atoms with Gasteiger partial charge in [-0.1, -0.05) is 0 Å². The molecule has 3 N–H and O–H groups in total. The molecular weight excluding hydrogens is 359 g/mol. The molecule has 0 aromatic carbocycles. The van der Waals surface area contributed by atoms with Gasteiger partial charge in [-0.05, 0) is 26.0 Å². The van der Waals surface area contributed by atoms with Crippen LogP contribution in [0.4, 0.5) is 19.0 Å². The Balaban J connectivity index is 1.84. The second kappa shape index (κ2) is 8.74. The highest BCUT2D eigenvalue weighted by Gasteiger charge is 2.33. The Labute approximate surface area is 156 Å². The number of aryl methyl sites for hydroxylation is 2. The fourth-order valence-electron chi connectivity index (χ4n) is 2.60. The van der Waals surface area contributed by atoms with Crippen LogP contribution >= 0.6 is 0 Å². The van der Waals surface area contributed by atoms with Crippen LogP contribution in [0.1, 0.15) is 22.5 Å². The lowest BCUT2D eigenvalue weighted by molar-refractivity contribution is -0.137. The van der Waals surface area contributed by atoms with Crippen LogP contribution in [0.25, 0.3) is 0 Å². The standard InChI is InChI=1S/C17H24F3N7/c1-11-13(12(2)27(4)26-11)10-25-16(21-3)24-9-8-23-15-14(17(18,19)20)6-5-7-22-15/h5-7H,8-10H2,1-4H3,(H,22,23)(H2,21,24,25). The summed E-state index contributed by atoms with van der Waals surface area (Å²) in [7, 11) is 3.52. The molecule has 2 rings (SSSR count). The third-order valence-electron chi connectivity index (χ3n) is 4.14. The minimum Gasteiger partial charge on any atom is -0.368 e. The zero-order valence-corrected chi connectivity index (χ0v) is 15.8. The summed E-state index contributed by atoms with van der Waals surface area (Å²) in [5.41, 5.74) is 2.30. The zero-order chi connectivity index (χ0) is 20.0. The smallest absolute Gasteiger partial charge is 0.368 e. The highest BCUT2D eigenvalue weighted by Crippen LogP contribution is 2.33. The van der Waals surface area contributed by atoms with Crippen molar-refractivity contribution in [2.24, 2.45) is 12.0 Å². The molecule has 0 fully saturated rings. The monoisotopic (exact) mass is 383 g/mol. The largest absolute Gasteiger partial charge is 0.419 e. The lowest BCUT2D eigenvalue weighted by Crippen LogP contribution is -2.39. The van der Waals surface area contributed by atoms with Crippen molar-refractivity contribution < 1.29 is 13.2 Å². The van der Waals surface area contributed by atoms with Crippen molar-refractivity contribution in [1.82, 2.24) is 25.4 Å². The average molecular weight is 383 g/mol. The zero-order valence-electron chi connectivity index (χ0n) is 15.8. The first kappa shape index (κ1) is 20.5. The van der Waals surface area contributed by atoms with Crippen LogP contribution in [0, 0.1) is 13.8 Å². The second-order valence-corrected chi connectivity index (χ2v) is 5.95. The lowest BCUT2D eigenvalue weighted by atomic mass is 10.2. The number of aromatic nitrogens is 3. The number of halogens is 3. The Morgan fingerprint density at radius 1 is 1.22 bits per heavy atom. The van der Waals surface area contributed by atoms with Crippen molar-refractivity contribution in [1.29, 1.82) is 0 Å². The molecule has 2 aromatic heterocycles. The van der Waals surface area contributed by atoms with Crippen LogP contribution in [-0.2, 0) is 19.8 Å². The van der Waals surface area contributed by atoms with Crippen molar-refractivity contribution in [3.63, 3.8) is 0 Å². The number of hydrogen-bond donors (Lipinski definition) is 3. The van der Waals surface area contributed by atoms with Gasteiger partial charge in [0.15, 0.2) is 5.96 Å². The highest BCUT2D eigenvalue weighted by molar-refractivity contribution is 5.79. The van der Waals surface area contributed by atoms with E-state index >= 15 is 0 Å². The predicted octanol–water partition coefficient (Wildman–Crippen LogP) is 2.23. The van der Waals surface area contributed by atoms with Gasteiger partial charge in [0.2, 0.25) is 0 Å². The summed E-state index contributed by atoms with van der Waals surface area (Å²) in [5, 5.41) is 13.3. The molecule has 10 heteroatoms. The van der Waals surface area contributed by atoms with Crippen LogP contribution in [-0.4, -0.2) is 40.9 Å². The first-order valence-electron chi connectivity index (χ1n) is 8.43. The van der Waals surface area contributed by atoms with Crippen LogP contribution in [0.3, 0.4) is 0 Å². The molecule has 0 atom stereocenters. The summed E-state index contributed by atoms with van der Waals surface area (Å²) in [5.74, 6) is 0.368. The molecule has 0 aliphatic rings. The summed E-state index contributed by atoms with van der Waals surface area (Å²) >= 11 is 0. The quantitative estimate of drug-likeness (QED) is 0.405. The lowest BCUT2D eigenvalue weighted by Gasteiger charge is -2.15. The van der Waals surface area contributed by atoms with Gasteiger partial charge >= 0.3 is 6.18 Å². The van der Waals surface area contributed by atoms with E-state index in [-0.39, 0.29) is 12.4 Å². The topological polar surface area (TPSA) is 79.2 Å². The molecule has 0 saturated carbocycles. The molecular formula is C17H24F3N7. The number of hydrogen-bond acceptors (Lipinski definition) is 4. The molecule has 7 nitrogen and oxygen atoms in total. The van der Waals surface area contributed by atoms with E-state index in [0.717, 1.165) is 23.0 Å². The normalized spacial score (nSPS) is 12.2. The van der Waals surface area contributed by atoms with Gasteiger partial charge in [-0.2, -0.15) is 18.3 Å². The minimum absolute atomic E-state index is 0.184. The fraction of sp³-hybridized carbons (Fsp3) is 0.471. The van der Waals surface area contributed by atoms with Gasteiger partial charge in [0, 0.05) is 51.2 Å². The number of aliphatic imine (C=N–C) groups is 1.